The molecule has 17 N–H and O–H groups in total. The van der Waals surface area contributed by atoms with Crippen LogP contribution in [0.2, 0.25) is 0 Å². The molecule has 0 aromatic rings. The fourth-order valence-corrected chi connectivity index (χ4v) is 7.73. The lowest BCUT2D eigenvalue weighted by Gasteiger charge is -2.50. The summed E-state index contributed by atoms with van der Waals surface area (Å²) in [4.78, 5) is 24.2. The number of ether oxygens (including phenoxy) is 9. The number of amides is 2. The second-order valence-electron chi connectivity index (χ2n) is 15.5. The first-order chi connectivity index (χ1) is 29.3. The molecule has 0 aromatic heterocycles. The van der Waals surface area contributed by atoms with E-state index in [0.717, 1.165) is 13.8 Å². The highest BCUT2D eigenvalue weighted by Crippen LogP contribution is 2.35. The van der Waals surface area contributed by atoms with Crippen molar-refractivity contribution in [2.45, 2.75) is 167 Å². The van der Waals surface area contributed by atoms with E-state index in [1.54, 1.807) is 0 Å². The van der Waals surface area contributed by atoms with Crippen molar-refractivity contribution in [3.8, 4) is 0 Å². The molecule has 0 spiro atoms. The smallest absolute Gasteiger partial charge is 0.217 e. The normalized spacial score (nSPS) is 49.0. The molecule has 25 atom stereocenters. The maximum atomic E-state index is 12.4. The Labute approximate surface area is 351 Å². The van der Waals surface area contributed by atoms with Crippen LogP contribution in [0.15, 0.2) is 0 Å². The monoisotopic (exact) mass is 910 g/mol. The summed E-state index contributed by atoms with van der Waals surface area (Å²) < 4.78 is 50.8. The highest BCUT2D eigenvalue weighted by molar-refractivity contribution is 5.73. The largest absolute Gasteiger partial charge is 0.394 e. The predicted molar refractivity (Wildman–Crippen MR) is 190 cm³/mol. The lowest BCUT2D eigenvalue weighted by molar-refractivity contribution is -0.384. The summed E-state index contributed by atoms with van der Waals surface area (Å²) in [5.74, 6) is -1.49. The van der Waals surface area contributed by atoms with Gasteiger partial charge in [-0.2, -0.15) is 0 Å². The fourth-order valence-electron chi connectivity index (χ4n) is 7.73. The van der Waals surface area contributed by atoms with Gasteiger partial charge in [0.1, 0.15) is 122 Å². The first-order valence-electron chi connectivity index (χ1n) is 19.6. The Morgan fingerprint density at radius 2 is 0.823 bits per heavy atom. The van der Waals surface area contributed by atoms with Gasteiger partial charge in [0.05, 0.1) is 33.0 Å². The molecule has 5 fully saturated rings. The molecule has 0 aromatic carbocycles. The molecular weight excluding hydrogens is 852 g/mol. The van der Waals surface area contributed by atoms with Crippen molar-refractivity contribution in [1.82, 2.24) is 10.6 Å². The van der Waals surface area contributed by atoms with E-state index in [-0.39, 0.29) is 0 Å². The zero-order valence-electron chi connectivity index (χ0n) is 33.2. The third-order valence-corrected chi connectivity index (χ3v) is 11.1. The number of hydrogen-bond acceptors (Lipinski definition) is 26. The van der Waals surface area contributed by atoms with Crippen molar-refractivity contribution in [3.63, 3.8) is 0 Å². The zero-order valence-corrected chi connectivity index (χ0v) is 33.2. The third kappa shape index (κ3) is 11.0. The van der Waals surface area contributed by atoms with Gasteiger partial charge in [-0.3, -0.25) is 9.59 Å². The van der Waals surface area contributed by atoms with Crippen molar-refractivity contribution < 1.29 is 129 Å². The Kier molecular flexibility index (Phi) is 18.1. The van der Waals surface area contributed by atoms with Crippen molar-refractivity contribution in [1.29, 1.82) is 0 Å². The quantitative estimate of drug-likeness (QED) is 0.0725. The van der Waals surface area contributed by atoms with Gasteiger partial charge in [-0.1, -0.05) is 0 Å². The Morgan fingerprint density at radius 3 is 1.35 bits per heavy atom. The lowest BCUT2D eigenvalue weighted by atomic mass is 9.94. The number of carbonyl (C=O) groups is 2. The number of aliphatic hydroxyl groups is 15. The van der Waals surface area contributed by atoms with Gasteiger partial charge < -0.3 is 130 Å². The van der Waals surface area contributed by atoms with Gasteiger partial charge in [-0.05, 0) is 0 Å². The van der Waals surface area contributed by atoms with Crippen molar-refractivity contribution in [2.24, 2.45) is 0 Å². The molecule has 5 rings (SSSR count). The Morgan fingerprint density at radius 1 is 0.419 bits per heavy atom. The first kappa shape index (κ1) is 51.0. The van der Waals surface area contributed by atoms with Crippen LogP contribution in [-0.4, -0.2) is 275 Å². The second-order valence-corrected chi connectivity index (χ2v) is 15.5. The zero-order chi connectivity index (χ0) is 45.9. The molecule has 360 valence electrons. The average molecular weight is 911 g/mol. The van der Waals surface area contributed by atoms with E-state index in [1.165, 1.54) is 0 Å². The SMILES string of the molecule is CC(=O)N[C@@H]1[C@@H](O)[C@H](O[C@H]2O[C@H](CO)[C@@H](O[C@@H]3O[C@H](CO[C@H]4O[C@H](CO)[C@@H](O)[C@H](O)[C@@H]4O)[C@@H](O)[C@H](O[C@@H]4O[C@H](CO)[C@@H](O)[C@H](O)[C@@H]4O)[C@@H]3O)[C@H](O)[C@H]2NC(C)=O)[C@@H](CO)O[C@H]1O. The maximum absolute atomic E-state index is 12.4. The minimum absolute atomic E-state index is 0.693. The Balaban J connectivity index is 1.41. The van der Waals surface area contributed by atoms with E-state index in [2.05, 4.69) is 10.6 Å². The number of carbonyl (C=O) groups excluding carboxylic acids is 2. The van der Waals surface area contributed by atoms with Gasteiger partial charge >= 0.3 is 0 Å². The summed E-state index contributed by atoms with van der Waals surface area (Å²) in [5.41, 5.74) is 0. The van der Waals surface area contributed by atoms with Crippen LogP contribution in [-0.2, 0) is 52.2 Å². The Hall–Kier alpha value is -2.02. The molecule has 28 heteroatoms. The van der Waals surface area contributed by atoms with E-state index < -0.39 is 198 Å². The van der Waals surface area contributed by atoms with E-state index in [9.17, 15) is 86.2 Å². The predicted octanol–water partition coefficient (Wildman–Crippen LogP) is -11.6. The Bertz CT molecular complexity index is 1440. The summed E-state index contributed by atoms with van der Waals surface area (Å²) in [6, 6.07) is -3.19. The van der Waals surface area contributed by atoms with Crippen LogP contribution in [0, 0.1) is 0 Å². The standard InChI is InChI=1S/C34H58N2O26/c1-8(41)35-15-20(46)27(12(5-39)55-30(15)53)60-31-16(36-9(2)42)21(47)28(13(6-40)58-31)61-34-26(52)29(62-33-25(51)23(49)18(44)11(4-38)57-33)19(45)14(59-34)7-54-32-24(50)22(48)17(43)10(3-37)56-32/h10-34,37-40,43-53H,3-7H2,1-2H3,(H,35,41)(H,36,42)/t10-,11-,12-,13-,14-,15-,16-,17-,18-,19-,20-,21-,22+,23+,24+,25+,26+,27-,28-,29+,30-,31-,32+,33+,34+/m1/s1. The summed E-state index contributed by atoms with van der Waals surface area (Å²) >= 11 is 0. The minimum atomic E-state index is -2.18. The van der Waals surface area contributed by atoms with Gasteiger partial charge in [-0.15, -0.1) is 0 Å². The molecule has 0 radical (unpaired) electrons. The van der Waals surface area contributed by atoms with Gasteiger partial charge in [0.25, 0.3) is 0 Å². The molecule has 0 bridgehead atoms. The second kappa shape index (κ2) is 22.0. The minimum Gasteiger partial charge on any atom is -0.394 e. The van der Waals surface area contributed by atoms with Crippen LogP contribution in [0.3, 0.4) is 0 Å². The number of nitrogens with one attached hydrogen (secondary N) is 2. The van der Waals surface area contributed by atoms with Crippen molar-refractivity contribution in [3.05, 3.63) is 0 Å². The van der Waals surface area contributed by atoms with E-state index in [4.69, 9.17) is 42.6 Å². The summed E-state index contributed by atoms with van der Waals surface area (Å²) in [5, 5.41) is 163. The molecule has 5 aliphatic rings. The molecule has 62 heavy (non-hydrogen) atoms. The summed E-state index contributed by atoms with van der Waals surface area (Å²) in [6.07, 6.45) is -42.3. The highest BCUT2D eigenvalue weighted by Gasteiger charge is 2.56. The number of rotatable bonds is 15. The highest BCUT2D eigenvalue weighted by atomic mass is 16.8. The first-order valence-corrected chi connectivity index (χ1v) is 19.6. The average Bonchev–Trinajstić information content (AvgIpc) is 3.23. The summed E-state index contributed by atoms with van der Waals surface area (Å²) in [6.45, 7) is -2.31. The van der Waals surface area contributed by atoms with Crippen LogP contribution in [0.4, 0.5) is 0 Å². The van der Waals surface area contributed by atoms with Gasteiger partial charge in [0.15, 0.2) is 31.5 Å². The molecule has 5 heterocycles. The summed E-state index contributed by atoms with van der Waals surface area (Å²) in [7, 11) is 0. The molecule has 0 unspecified atom stereocenters. The molecule has 0 aliphatic carbocycles. The van der Waals surface area contributed by atoms with E-state index in [0.29, 0.717) is 0 Å². The van der Waals surface area contributed by atoms with Crippen molar-refractivity contribution >= 4 is 11.8 Å². The molecule has 2 amide bonds. The van der Waals surface area contributed by atoms with Crippen molar-refractivity contribution in [2.75, 3.05) is 33.0 Å². The van der Waals surface area contributed by atoms with Crippen LogP contribution in [0.25, 0.3) is 0 Å². The number of hydrogen-bond donors (Lipinski definition) is 17. The van der Waals surface area contributed by atoms with Crippen LogP contribution < -0.4 is 10.6 Å². The lowest BCUT2D eigenvalue weighted by Crippen LogP contribution is -2.70. The van der Waals surface area contributed by atoms with Gasteiger partial charge in [0, 0.05) is 13.8 Å². The number of aliphatic hydroxyl groups excluding tert-OH is 15. The molecular formula is C34H58N2O26. The molecule has 5 aliphatic heterocycles. The van der Waals surface area contributed by atoms with E-state index >= 15 is 0 Å². The van der Waals surface area contributed by atoms with Gasteiger partial charge in [0.2, 0.25) is 11.8 Å². The molecule has 5 saturated heterocycles. The molecule has 28 nitrogen and oxygen atoms in total. The maximum Gasteiger partial charge on any atom is 0.217 e. The van der Waals surface area contributed by atoms with E-state index in [1.807, 2.05) is 0 Å². The van der Waals surface area contributed by atoms with Gasteiger partial charge in [-0.25, -0.2) is 0 Å². The molecule has 0 saturated carbocycles. The van der Waals surface area contributed by atoms with Crippen LogP contribution in [0.1, 0.15) is 13.8 Å². The fraction of sp³-hybridized carbons (Fsp3) is 0.941. The van der Waals surface area contributed by atoms with Crippen LogP contribution >= 0.6 is 0 Å². The van der Waals surface area contributed by atoms with Crippen LogP contribution in [0.5, 0.6) is 0 Å². The topological polar surface area (TPSA) is 445 Å². The third-order valence-electron chi connectivity index (χ3n) is 11.1.